The van der Waals surface area contributed by atoms with E-state index in [0.29, 0.717) is 25.2 Å². The van der Waals surface area contributed by atoms with Crippen LogP contribution < -0.4 is 5.32 Å². The minimum absolute atomic E-state index is 0.00456. The molecule has 0 atom stereocenters. The van der Waals surface area contributed by atoms with Crippen LogP contribution in [-0.2, 0) is 17.9 Å². The molecule has 0 bridgehead atoms. The van der Waals surface area contributed by atoms with Crippen molar-refractivity contribution < 1.29 is 4.79 Å². The zero-order valence-corrected chi connectivity index (χ0v) is 17.7. The number of rotatable bonds is 8. The number of carbonyl (C=O) groups is 1. The van der Waals surface area contributed by atoms with E-state index in [-0.39, 0.29) is 5.91 Å². The van der Waals surface area contributed by atoms with Crippen molar-refractivity contribution in [2.75, 3.05) is 29.9 Å². The van der Waals surface area contributed by atoms with Gasteiger partial charge in [0.25, 0.3) is 0 Å². The van der Waals surface area contributed by atoms with Crippen LogP contribution in [-0.4, -0.2) is 55.6 Å². The zero-order chi connectivity index (χ0) is 20.6. The molecule has 1 saturated heterocycles. The lowest BCUT2D eigenvalue weighted by Gasteiger charge is -2.26. The number of nitrogens with zero attached hydrogens (tertiary/aromatic N) is 5. The number of hydrogen-bond donors (Lipinski definition) is 1. The summed E-state index contributed by atoms with van der Waals surface area (Å²) in [5, 5.41) is 15.6. The van der Waals surface area contributed by atoms with E-state index in [0.717, 1.165) is 30.9 Å². The predicted molar refractivity (Wildman–Crippen MR) is 120 cm³/mol. The van der Waals surface area contributed by atoms with E-state index in [9.17, 15) is 4.79 Å². The fraction of sp³-hybridized carbons (Fsp3) is 0.364. The van der Waals surface area contributed by atoms with Crippen molar-refractivity contribution in [3.8, 4) is 11.4 Å². The quantitative estimate of drug-likeness (QED) is 0.600. The van der Waals surface area contributed by atoms with Gasteiger partial charge in [0.05, 0.1) is 6.54 Å². The topological polar surface area (TPSA) is 75.9 Å². The minimum Gasteiger partial charge on any atom is -0.326 e. The molecule has 1 fully saturated rings. The minimum atomic E-state index is 0.00456. The van der Waals surface area contributed by atoms with Gasteiger partial charge in [0, 0.05) is 48.8 Å². The van der Waals surface area contributed by atoms with Gasteiger partial charge in [-0.2, -0.15) is 16.6 Å². The summed E-state index contributed by atoms with van der Waals surface area (Å²) >= 11 is 2.01. The van der Waals surface area contributed by atoms with E-state index in [1.54, 1.807) is 4.80 Å². The number of carbonyl (C=O) groups excluding carboxylic acids is 1. The number of nitrogens with one attached hydrogen (secondary N) is 1. The number of aromatic nitrogens is 4. The lowest BCUT2D eigenvalue weighted by Crippen LogP contribution is -2.31. The summed E-state index contributed by atoms with van der Waals surface area (Å²) < 4.78 is 0. The largest absolute Gasteiger partial charge is 0.326 e. The second-order valence-electron chi connectivity index (χ2n) is 7.32. The first-order chi connectivity index (χ1) is 14.8. The van der Waals surface area contributed by atoms with Gasteiger partial charge in [-0.05, 0) is 29.3 Å². The Morgan fingerprint density at radius 2 is 1.90 bits per heavy atom. The van der Waals surface area contributed by atoms with Gasteiger partial charge < -0.3 is 5.32 Å². The Morgan fingerprint density at radius 3 is 2.73 bits per heavy atom. The Kier molecular flexibility index (Phi) is 7.10. The van der Waals surface area contributed by atoms with Crippen LogP contribution in [0.25, 0.3) is 11.4 Å². The molecule has 0 spiro atoms. The van der Waals surface area contributed by atoms with Crippen molar-refractivity contribution in [2.45, 2.75) is 25.9 Å². The molecule has 30 heavy (non-hydrogen) atoms. The summed E-state index contributed by atoms with van der Waals surface area (Å²) in [6.07, 6.45) is 1.07. The average molecular weight is 423 g/mol. The number of aryl methyl sites for hydroxylation is 1. The summed E-state index contributed by atoms with van der Waals surface area (Å²) in [5.41, 5.74) is 3.03. The molecule has 0 aliphatic carbocycles. The van der Waals surface area contributed by atoms with E-state index >= 15 is 0 Å². The summed E-state index contributed by atoms with van der Waals surface area (Å²) in [7, 11) is 0. The molecule has 7 nitrogen and oxygen atoms in total. The zero-order valence-electron chi connectivity index (χ0n) is 16.9. The maximum Gasteiger partial charge on any atom is 0.224 e. The van der Waals surface area contributed by atoms with Crippen LogP contribution in [0.1, 0.15) is 18.4 Å². The smallest absolute Gasteiger partial charge is 0.224 e. The lowest BCUT2D eigenvalue weighted by molar-refractivity contribution is -0.116. The van der Waals surface area contributed by atoms with Crippen LogP contribution in [0.4, 0.5) is 5.69 Å². The van der Waals surface area contributed by atoms with Crippen LogP contribution in [0.2, 0.25) is 0 Å². The third-order valence-corrected chi connectivity index (χ3v) is 5.91. The Hall–Kier alpha value is -2.71. The van der Waals surface area contributed by atoms with Gasteiger partial charge in [-0.15, -0.1) is 10.2 Å². The Morgan fingerprint density at radius 1 is 1.07 bits per heavy atom. The number of hydrogen-bond acceptors (Lipinski definition) is 6. The maximum absolute atomic E-state index is 12.3. The monoisotopic (exact) mass is 422 g/mol. The van der Waals surface area contributed by atoms with E-state index in [4.69, 9.17) is 0 Å². The lowest BCUT2D eigenvalue weighted by atomic mass is 10.1. The maximum atomic E-state index is 12.3. The van der Waals surface area contributed by atoms with Crippen molar-refractivity contribution in [1.82, 2.24) is 25.1 Å². The van der Waals surface area contributed by atoms with E-state index in [1.807, 2.05) is 54.2 Å². The first kappa shape index (κ1) is 20.6. The molecule has 2 heterocycles. The molecule has 2 aromatic carbocycles. The van der Waals surface area contributed by atoms with Gasteiger partial charge in [-0.25, -0.2) is 0 Å². The van der Waals surface area contributed by atoms with Gasteiger partial charge in [-0.3, -0.25) is 9.69 Å². The van der Waals surface area contributed by atoms with Crippen molar-refractivity contribution in [2.24, 2.45) is 0 Å². The summed E-state index contributed by atoms with van der Waals surface area (Å²) in [5.74, 6) is 3.00. The van der Waals surface area contributed by atoms with Gasteiger partial charge in [-0.1, -0.05) is 42.5 Å². The molecule has 156 valence electrons. The molecular weight excluding hydrogens is 396 g/mol. The molecule has 0 saturated carbocycles. The molecule has 1 amide bonds. The number of amides is 1. The second-order valence-corrected chi connectivity index (χ2v) is 8.54. The van der Waals surface area contributed by atoms with E-state index < -0.39 is 0 Å². The van der Waals surface area contributed by atoms with Crippen LogP contribution >= 0.6 is 11.8 Å². The van der Waals surface area contributed by atoms with E-state index in [2.05, 4.69) is 37.8 Å². The fourth-order valence-electron chi connectivity index (χ4n) is 3.41. The molecule has 0 radical (unpaired) electrons. The molecular formula is C22H26N6OS. The first-order valence-electron chi connectivity index (χ1n) is 10.3. The highest BCUT2D eigenvalue weighted by Gasteiger charge is 2.11. The first-order valence-corrected chi connectivity index (χ1v) is 11.4. The van der Waals surface area contributed by atoms with Gasteiger partial charge in [0.1, 0.15) is 0 Å². The SMILES string of the molecule is O=C(CCCn1nnc(-c2ccccc2)n1)Nc1cccc(CN2CCSCC2)c1. The molecule has 3 aromatic rings. The number of benzene rings is 2. The van der Waals surface area contributed by atoms with E-state index in [1.165, 1.54) is 17.1 Å². The molecule has 1 aliphatic rings. The van der Waals surface area contributed by atoms with Gasteiger partial charge >= 0.3 is 0 Å². The van der Waals surface area contributed by atoms with Gasteiger partial charge in [0.15, 0.2) is 0 Å². The van der Waals surface area contributed by atoms with Crippen molar-refractivity contribution in [1.29, 1.82) is 0 Å². The van der Waals surface area contributed by atoms with Crippen molar-refractivity contribution >= 4 is 23.4 Å². The Balaban J connectivity index is 1.23. The summed E-state index contributed by atoms with van der Waals surface area (Å²) in [4.78, 5) is 16.4. The summed E-state index contributed by atoms with van der Waals surface area (Å²) in [6, 6.07) is 17.9. The normalized spacial score (nSPS) is 14.5. The second kappa shape index (κ2) is 10.4. The standard InChI is InChI=1S/C22H26N6OS/c29-21(10-5-11-28-25-22(24-26-28)19-7-2-1-3-8-19)23-20-9-4-6-18(16-20)17-27-12-14-30-15-13-27/h1-4,6-9,16H,5,10-15,17H2,(H,23,29). The average Bonchev–Trinajstić information content (AvgIpc) is 3.24. The highest BCUT2D eigenvalue weighted by Crippen LogP contribution is 2.16. The fourth-order valence-corrected chi connectivity index (χ4v) is 4.39. The molecule has 8 heteroatoms. The van der Waals surface area contributed by atoms with Crippen molar-refractivity contribution in [3.63, 3.8) is 0 Å². The molecule has 1 aromatic heterocycles. The highest BCUT2D eigenvalue weighted by molar-refractivity contribution is 7.99. The predicted octanol–water partition coefficient (Wildman–Crippen LogP) is 3.31. The molecule has 0 unspecified atom stereocenters. The van der Waals surface area contributed by atoms with Gasteiger partial charge in [0.2, 0.25) is 11.7 Å². The summed E-state index contributed by atoms with van der Waals surface area (Å²) in [6.45, 7) is 3.75. The molecule has 1 N–H and O–H groups in total. The van der Waals surface area contributed by atoms with Crippen LogP contribution in [0.15, 0.2) is 54.6 Å². The van der Waals surface area contributed by atoms with Crippen molar-refractivity contribution in [3.05, 3.63) is 60.2 Å². The van der Waals surface area contributed by atoms with Crippen LogP contribution in [0.5, 0.6) is 0 Å². The third kappa shape index (κ3) is 5.90. The Labute approximate surface area is 180 Å². The molecule has 1 aliphatic heterocycles. The molecule has 4 rings (SSSR count). The number of tetrazole rings is 1. The third-order valence-electron chi connectivity index (χ3n) is 4.97. The highest BCUT2D eigenvalue weighted by atomic mass is 32.2. The number of anilines is 1. The Bertz CT molecular complexity index is 955. The number of thioether (sulfide) groups is 1. The van der Waals surface area contributed by atoms with Crippen LogP contribution in [0, 0.1) is 0 Å². The van der Waals surface area contributed by atoms with Crippen LogP contribution in [0.3, 0.4) is 0 Å².